The van der Waals surface area contributed by atoms with Crippen molar-refractivity contribution in [2.75, 3.05) is 0 Å². The van der Waals surface area contributed by atoms with Gasteiger partial charge >= 0.3 is 0 Å². The fourth-order valence-electron chi connectivity index (χ4n) is 2.27. The van der Waals surface area contributed by atoms with Gasteiger partial charge in [0.1, 0.15) is 5.82 Å². The van der Waals surface area contributed by atoms with E-state index >= 15 is 0 Å². The number of hydrazine groups is 1. The van der Waals surface area contributed by atoms with E-state index in [1.54, 1.807) is 6.07 Å². The van der Waals surface area contributed by atoms with E-state index in [1.165, 1.54) is 17.7 Å². The predicted molar refractivity (Wildman–Crippen MR) is 81.0 cm³/mol. The molecule has 1 unspecified atom stereocenters. The zero-order valence-electron chi connectivity index (χ0n) is 11.4. The molecule has 2 aromatic carbocycles. The Bertz CT molecular complexity index is 569. The molecular formula is C16H18ClFN2. The van der Waals surface area contributed by atoms with Gasteiger partial charge in [-0.1, -0.05) is 55.3 Å². The second-order valence-electron chi connectivity index (χ2n) is 4.76. The summed E-state index contributed by atoms with van der Waals surface area (Å²) in [6.45, 7) is 2.15. The van der Waals surface area contributed by atoms with Crippen molar-refractivity contribution >= 4 is 11.6 Å². The van der Waals surface area contributed by atoms with Crippen molar-refractivity contribution < 1.29 is 4.39 Å². The number of nitrogens with two attached hydrogens (primary N) is 1. The van der Waals surface area contributed by atoms with Gasteiger partial charge in [0.2, 0.25) is 0 Å². The van der Waals surface area contributed by atoms with E-state index in [1.807, 2.05) is 12.1 Å². The second kappa shape index (κ2) is 6.84. The number of nitrogens with one attached hydrogen (secondary N) is 1. The third-order valence-electron chi connectivity index (χ3n) is 3.29. The van der Waals surface area contributed by atoms with Crippen LogP contribution in [-0.2, 0) is 6.42 Å². The first-order valence-corrected chi connectivity index (χ1v) is 7.03. The molecule has 0 heterocycles. The summed E-state index contributed by atoms with van der Waals surface area (Å²) in [6.07, 6.45) is 2.17. The Balaban J connectivity index is 2.31. The zero-order chi connectivity index (χ0) is 14.5. The molecule has 0 amide bonds. The Kier molecular flexibility index (Phi) is 5.12. The number of halogens is 2. The lowest BCUT2D eigenvalue weighted by atomic mass is 9.97. The van der Waals surface area contributed by atoms with Crippen LogP contribution in [0.2, 0.25) is 5.02 Å². The molecule has 2 rings (SSSR count). The van der Waals surface area contributed by atoms with E-state index in [9.17, 15) is 4.39 Å². The SMILES string of the molecule is CCCc1ccc(C(NN)c2ccc(F)cc2Cl)cc1. The molecular weight excluding hydrogens is 275 g/mol. The fourth-order valence-corrected chi connectivity index (χ4v) is 2.54. The molecule has 106 valence electrons. The number of rotatable bonds is 5. The second-order valence-corrected chi connectivity index (χ2v) is 5.16. The molecule has 4 heteroatoms. The van der Waals surface area contributed by atoms with Crippen molar-refractivity contribution in [1.29, 1.82) is 0 Å². The molecule has 0 aliphatic rings. The van der Waals surface area contributed by atoms with Crippen LogP contribution in [0.25, 0.3) is 0 Å². The van der Waals surface area contributed by atoms with Gasteiger partial charge in [0, 0.05) is 5.02 Å². The van der Waals surface area contributed by atoms with Gasteiger partial charge in [0.15, 0.2) is 0 Å². The summed E-state index contributed by atoms with van der Waals surface area (Å²) < 4.78 is 13.1. The topological polar surface area (TPSA) is 38.0 Å². The van der Waals surface area contributed by atoms with E-state index in [2.05, 4.69) is 24.5 Å². The Morgan fingerprint density at radius 1 is 1.20 bits per heavy atom. The molecule has 0 aromatic heterocycles. The Hall–Kier alpha value is -1.42. The van der Waals surface area contributed by atoms with Crippen LogP contribution < -0.4 is 11.3 Å². The van der Waals surface area contributed by atoms with Crippen LogP contribution in [-0.4, -0.2) is 0 Å². The number of hydrogen-bond donors (Lipinski definition) is 2. The largest absolute Gasteiger partial charge is 0.271 e. The molecule has 0 radical (unpaired) electrons. The highest BCUT2D eigenvalue weighted by Crippen LogP contribution is 2.28. The lowest BCUT2D eigenvalue weighted by Gasteiger charge is -2.18. The Morgan fingerprint density at radius 3 is 2.45 bits per heavy atom. The van der Waals surface area contributed by atoms with Gasteiger partial charge in [0.25, 0.3) is 0 Å². The van der Waals surface area contributed by atoms with E-state index in [0.717, 1.165) is 24.0 Å². The fraction of sp³-hybridized carbons (Fsp3) is 0.250. The maximum atomic E-state index is 13.1. The highest BCUT2D eigenvalue weighted by Gasteiger charge is 2.16. The van der Waals surface area contributed by atoms with Crippen LogP contribution in [0, 0.1) is 5.82 Å². The average Bonchev–Trinajstić information content (AvgIpc) is 2.44. The molecule has 20 heavy (non-hydrogen) atoms. The molecule has 0 fully saturated rings. The normalized spacial score (nSPS) is 12.4. The summed E-state index contributed by atoms with van der Waals surface area (Å²) in [4.78, 5) is 0. The standard InChI is InChI=1S/C16H18ClFN2/c1-2-3-11-4-6-12(7-5-11)16(20-19)14-9-8-13(18)10-15(14)17/h4-10,16,20H,2-3,19H2,1H3. The Morgan fingerprint density at radius 2 is 1.90 bits per heavy atom. The van der Waals surface area contributed by atoms with Crippen LogP contribution in [0.1, 0.15) is 36.1 Å². The molecule has 1 atom stereocenters. The Labute approximate surface area is 123 Å². The molecule has 0 saturated heterocycles. The highest BCUT2D eigenvalue weighted by atomic mass is 35.5. The summed E-state index contributed by atoms with van der Waals surface area (Å²) >= 11 is 6.10. The van der Waals surface area contributed by atoms with Gasteiger partial charge < -0.3 is 0 Å². The van der Waals surface area contributed by atoms with E-state index in [0.29, 0.717) is 5.02 Å². The van der Waals surface area contributed by atoms with E-state index < -0.39 is 0 Å². The minimum atomic E-state index is -0.354. The van der Waals surface area contributed by atoms with Crippen molar-refractivity contribution in [3.63, 3.8) is 0 Å². The van der Waals surface area contributed by atoms with Crippen molar-refractivity contribution in [3.8, 4) is 0 Å². The van der Waals surface area contributed by atoms with Gasteiger partial charge in [-0.3, -0.25) is 5.84 Å². The van der Waals surface area contributed by atoms with Crippen molar-refractivity contribution in [3.05, 3.63) is 70.0 Å². The summed E-state index contributed by atoms with van der Waals surface area (Å²) in [6, 6.07) is 12.3. The predicted octanol–water partition coefficient (Wildman–Crippen LogP) is 3.98. The monoisotopic (exact) mass is 292 g/mol. The van der Waals surface area contributed by atoms with Crippen LogP contribution in [0.15, 0.2) is 42.5 Å². The van der Waals surface area contributed by atoms with Crippen molar-refractivity contribution in [1.82, 2.24) is 5.43 Å². The minimum absolute atomic E-state index is 0.251. The molecule has 0 aliphatic carbocycles. The summed E-state index contributed by atoms with van der Waals surface area (Å²) in [5.74, 6) is 5.28. The van der Waals surface area contributed by atoms with Crippen LogP contribution in [0.3, 0.4) is 0 Å². The molecule has 2 nitrogen and oxygen atoms in total. The smallest absolute Gasteiger partial charge is 0.124 e. The summed E-state index contributed by atoms with van der Waals surface area (Å²) in [5.41, 5.74) is 5.79. The quantitative estimate of drug-likeness (QED) is 0.646. The third-order valence-corrected chi connectivity index (χ3v) is 3.62. The molecule has 3 N–H and O–H groups in total. The number of hydrogen-bond acceptors (Lipinski definition) is 2. The van der Waals surface area contributed by atoms with Crippen molar-refractivity contribution in [2.24, 2.45) is 5.84 Å². The van der Waals surface area contributed by atoms with Gasteiger partial charge in [-0.25, -0.2) is 9.82 Å². The maximum Gasteiger partial charge on any atom is 0.124 e. The van der Waals surface area contributed by atoms with Crippen molar-refractivity contribution in [2.45, 2.75) is 25.8 Å². The molecule has 0 aliphatic heterocycles. The first kappa shape index (κ1) is 15.0. The minimum Gasteiger partial charge on any atom is -0.271 e. The van der Waals surface area contributed by atoms with E-state index in [4.69, 9.17) is 17.4 Å². The summed E-state index contributed by atoms with van der Waals surface area (Å²) in [7, 11) is 0. The van der Waals surface area contributed by atoms with Gasteiger partial charge in [-0.2, -0.15) is 0 Å². The number of aryl methyl sites for hydroxylation is 1. The lowest BCUT2D eigenvalue weighted by molar-refractivity contribution is 0.615. The van der Waals surface area contributed by atoms with Crippen LogP contribution in [0.4, 0.5) is 4.39 Å². The number of benzene rings is 2. The third kappa shape index (κ3) is 3.37. The highest BCUT2D eigenvalue weighted by molar-refractivity contribution is 6.31. The molecule has 0 bridgehead atoms. The molecule has 0 spiro atoms. The first-order valence-electron chi connectivity index (χ1n) is 6.65. The molecule has 0 saturated carbocycles. The van der Waals surface area contributed by atoms with Gasteiger partial charge in [0.05, 0.1) is 6.04 Å². The summed E-state index contributed by atoms with van der Waals surface area (Å²) in [5, 5.41) is 0.366. The molecule has 2 aromatic rings. The first-order chi connectivity index (χ1) is 9.65. The average molecular weight is 293 g/mol. The van der Waals surface area contributed by atoms with Crippen LogP contribution >= 0.6 is 11.6 Å². The maximum absolute atomic E-state index is 13.1. The van der Waals surface area contributed by atoms with Gasteiger partial charge in [-0.05, 0) is 35.2 Å². The zero-order valence-corrected chi connectivity index (χ0v) is 12.1. The lowest BCUT2D eigenvalue weighted by Crippen LogP contribution is -2.29. The van der Waals surface area contributed by atoms with Crippen LogP contribution in [0.5, 0.6) is 0 Å². The van der Waals surface area contributed by atoms with E-state index in [-0.39, 0.29) is 11.9 Å². The van der Waals surface area contributed by atoms with Gasteiger partial charge in [-0.15, -0.1) is 0 Å².